The first-order valence-electron chi connectivity index (χ1n) is 16.2. The molecule has 2 aromatic carbocycles. The first kappa shape index (κ1) is 60.8. The predicted octanol–water partition coefficient (Wildman–Crippen LogP) is 13.7. The molecule has 0 atom stereocenters. The van der Waals surface area contributed by atoms with Gasteiger partial charge in [0.15, 0.2) is 0 Å². The molecule has 2 amide bonds. The summed E-state index contributed by atoms with van der Waals surface area (Å²) in [4.78, 5) is 23.7. The van der Waals surface area contributed by atoms with Gasteiger partial charge in [0.05, 0.1) is 0 Å². The lowest BCUT2D eigenvalue weighted by Crippen LogP contribution is -2.75. The van der Waals surface area contributed by atoms with Gasteiger partial charge in [0.2, 0.25) is 0 Å². The maximum atomic E-state index is 14.3. The summed E-state index contributed by atoms with van der Waals surface area (Å²) in [5, 5.41) is -12.9. The van der Waals surface area contributed by atoms with E-state index in [0.717, 1.165) is 0 Å². The zero-order chi connectivity index (χ0) is 55.2. The van der Waals surface area contributed by atoms with Gasteiger partial charge in [-0.1, -0.05) is 24.3 Å². The summed E-state index contributed by atoms with van der Waals surface area (Å²) >= 11 is 6.83. The van der Waals surface area contributed by atoms with Crippen molar-refractivity contribution in [3.63, 3.8) is 0 Å². The van der Waals surface area contributed by atoms with Crippen LogP contribution < -0.4 is 10.6 Å². The van der Waals surface area contributed by atoms with E-state index in [0.29, 0.717) is 59.2 Å². The molecule has 0 saturated carbocycles. The summed E-state index contributed by atoms with van der Waals surface area (Å²) in [6, 6.07) is 3.51. The van der Waals surface area contributed by atoms with E-state index in [1.165, 1.54) is 0 Å². The van der Waals surface area contributed by atoms with Gasteiger partial charge in [0.25, 0.3) is 0 Å². The molecule has 2 N–H and O–H groups in total. The van der Waals surface area contributed by atoms with Crippen molar-refractivity contribution < 1.29 is 150 Å². The lowest BCUT2D eigenvalue weighted by Gasteiger charge is -2.42. The minimum Gasteiger partial charge on any atom is -0.321 e. The van der Waals surface area contributed by atoms with Gasteiger partial charge in [-0.3, -0.25) is 9.59 Å². The van der Waals surface area contributed by atoms with Crippen molar-refractivity contribution in [3.8, 4) is 0 Å². The largest absolute Gasteiger partial charge is 0.393 e. The third-order valence-corrected chi connectivity index (χ3v) is 9.32. The van der Waals surface area contributed by atoms with E-state index >= 15 is 0 Å². The molecule has 69 heavy (non-hydrogen) atoms. The molecule has 0 aliphatic rings. The van der Waals surface area contributed by atoms with E-state index in [1.54, 1.807) is 0 Å². The van der Waals surface area contributed by atoms with Gasteiger partial charge in [-0.05, 0) is 65.0 Å². The Labute approximate surface area is 367 Å². The maximum absolute atomic E-state index is 14.3. The molecule has 0 fully saturated rings. The summed E-state index contributed by atoms with van der Waals surface area (Å²) in [5.41, 5.74) is -3.11. The van der Waals surface area contributed by atoms with Crippen LogP contribution in [0.2, 0.25) is 0 Å². The Balaban J connectivity index is 2.31. The Morgan fingerprint density at radius 2 is 0.478 bits per heavy atom. The van der Waals surface area contributed by atoms with E-state index in [1.807, 2.05) is 0 Å². The molecular formula is C31H12Cl2F32N2O2. The Bertz CT molecular complexity index is 2050. The standard InChI is InChI=1S/C31H12Cl2F32N2O2/c32-30(62,63)28(58,59)26(54,55)24(50,51)22(46,47)20(42,43)18(38,39)16(34,35)14(68)66-12-5-1-10(2-6-12)9-11-3-7-13(8-4-11)67-15(69)17(36,37)19(40,41)21(44,45)23(48,49)25(52,53)27(56,57)29(60,61)31(33,64)65/h1-8H,9H2,(H,66,68)(H,67,69). The third kappa shape index (κ3) is 8.84. The number of anilines is 2. The lowest BCUT2D eigenvalue weighted by molar-refractivity contribution is -0.445. The van der Waals surface area contributed by atoms with Crippen LogP contribution in [0.25, 0.3) is 0 Å². The van der Waals surface area contributed by atoms with Crippen molar-refractivity contribution >= 4 is 46.4 Å². The highest BCUT2D eigenvalue weighted by Crippen LogP contribution is 2.66. The SMILES string of the molecule is O=C(Nc1ccc(Cc2ccc(NC(=O)C(F)(F)C(F)(F)C(F)(F)C(F)(F)C(F)(F)C(F)(F)C(F)(F)C(F)(F)Cl)cc2)cc1)C(F)(F)C(F)(F)C(F)(F)C(F)(F)C(F)(F)C(F)(F)C(F)(F)C(F)(F)Cl. The van der Waals surface area contributed by atoms with Crippen molar-refractivity contribution in [2.24, 2.45) is 0 Å². The molecule has 4 nitrogen and oxygen atoms in total. The number of rotatable bonds is 20. The summed E-state index contributed by atoms with van der Waals surface area (Å²) in [5.74, 6) is -125. The summed E-state index contributed by atoms with van der Waals surface area (Å²) in [6.45, 7) is 0. The van der Waals surface area contributed by atoms with Crippen LogP contribution >= 0.6 is 23.2 Å². The third-order valence-electron chi connectivity index (χ3n) is 8.85. The molecule has 0 aliphatic heterocycles. The van der Waals surface area contributed by atoms with E-state index in [9.17, 15) is 150 Å². The van der Waals surface area contributed by atoms with E-state index in [4.69, 9.17) is 0 Å². The average molecular weight is 1120 g/mol. The highest BCUT2D eigenvalue weighted by molar-refractivity contribution is 6.22. The van der Waals surface area contributed by atoms with E-state index in [-0.39, 0.29) is 11.1 Å². The lowest BCUT2D eigenvalue weighted by atomic mass is 9.89. The van der Waals surface area contributed by atoms with Crippen molar-refractivity contribution in [1.82, 2.24) is 0 Å². The van der Waals surface area contributed by atoms with E-state index in [2.05, 4.69) is 23.2 Å². The van der Waals surface area contributed by atoms with Gasteiger partial charge in [-0.25, -0.2) is 0 Å². The molecule has 0 aliphatic carbocycles. The molecule has 2 rings (SSSR count). The quantitative estimate of drug-likeness (QED) is 0.103. The average Bonchev–Trinajstić information content (AvgIpc) is 3.17. The fourth-order valence-corrected chi connectivity index (χ4v) is 4.92. The summed E-state index contributed by atoms with van der Waals surface area (Å²) < 4.78 is 439. The number of benzene rings is 2. The molecule has 0 saturated heterocycles. The Hall–Kier alpha value is -4.28. The van der Waals surface area contributed by atoms with Crippen molar-refractivity contribution in [1.29, 1.82) is 0 Å². The zero-order valence-electron chi connectivity index (χ0n) is 31.0. The van der Waals surface area contributed by atoms with Crippen LogP contribution in [0.5, 0.6) is 0 Å². The Morgan fingerprint density at radius 3 is 0.667 bits per heavy atom. The number of hydrogen-bond acceptors (Lipinski definition) is 2. The highest BCUT2D eigenvalue weighted by Gasteiger charge is 2.97. The molecule has 0 spiro atoms. The number of nitrogens with one attached hydrogen (secondary N) is 2. The smallest absolute Gasteiger partial charge is 0.321 e. The van der Waals surface area contributed by atoms with Gasteiger partial charge in [-0.15, -0.1) is 0 Å². The van der Waals surface area contributed by atoms with Gasteiger partial charge < -0.3 is 10.6 Å². The van der Waals surface area contributed by atoms with Crippen LogP contribution in [0.1, 0.15) is 11.1 Å². The molecule has 0 radical (unpaired) electrons. The molecule has 0 aromatic heterocycles. The van der Waals surface area contributed by atoms with Crippen LogP contribution in [0, 0.1) is 0 Å². The topological polar surface area (TPSA) is 58.2 Å². The second-order valence-corrected chi connectivity index (χ2v) is 14.5. The van der Waals surface area contributed by atoms with Gasteiger partial charge in [0, 0.05) is 11.4 Å². The van der Waals surface area contributed by atoms with Crippen molar-refractivity contribution in [2.75, 3.05) is 10.6 Å². The predicted molar refractivity (Wildman–Crippen MR) is 164 cm³/mol. The van der Waals surface area contributed by atoms with Crippen molar-refractivity contribution in [3.05, 3.63) is 59.7 Å². The van der Waals surface area contributed by atoms with Crippen LogP contribution in [0.3, 0.4) is 0 Å². The zero-order valence-corrected chi connectivity index (χ0v) is 32.5. The van der Waals surface area contributed by atoms with Crippen molar-refractivity contribution in [2.45, 2.75) is 100 Å². The van der Waals surface area contributed by atoms with Crippen LogP contribution in [0.15, 0.2) is 48.5 Å². The number of alkyl halides is 34. The molecule has 38 heteroatoms. The summed E-state index contributed by atoms with van der Waals surface area (Å²) in [7, 11) is 0. The Kier molecular flexibility index (Phi) is 15.2. The van der Waals surface area contributed by atoms with Crippen LogP contribution in [0.4, 0.5) is 152 Å². The molecule has 396 valence electrons. The maximum Gasteiger partial charge on any atom is 0.393 e. The molecule has 0 heterocycles. The molecule has 2 aromatic rings. The molecule has 0 unspecified atom stereocenters. The Morgan fingerprint density at radius 1 is 0.304 bits per heavy atom. The monoisotopic (exact) mass is 1120 g/mol. The number of carbonyl (C=O) groups excluding carboxylic acids is 2. The second-order valence-electron chi connectivity index (χ2n) is 13.5. The first-order chi connectivity index (χ1) is 29.9. The fourth-order valence-electron chi connectivity index (χ4n) is 4.68. The number of hydrogen-bond donors (Lipinski definition) is 2. The number of halogens is 34. The highest BCUT2D eigenvalue weighted by atomic mass is 35.5. The number of amides is 2. The summed E-state index contributed by atoms with van der Waals surface area (Å²) in [6.07, 6.45) is -0.644. The van der Waals surface area contributed by atoms with E-state index < -0.39 is 123 Å². The molecule has 0 bridgehead atoms. The first-order valence-corrected chi connectivity index (χ1v) is 16.9. The van der Waals surface area contributed by atoms with Crippen LogP contribution in [-0.2, 0) is 16.0 Å². The minimum absolute atomic E-state index is 0.264. The minimum atomic E-state index is -8.88. The normalized spacial score (nSPS) is 15.6. The fraction of sp³-hybridized carbons (Fsp3) is 0.548. The molecular weight excluding hydrogens is 1110 g/mol. The van der Waals surface area contributed by atoms with Gasteiger partial charge >= 0.3 is 105 Å². The number of carbonyl (C=O) groups is 2. The van der Waals surface area contributed by atoms with Crippen LogP contribution in [-0.4, -0.2) is 105 Å². The van der Waals surface area contributed by atoms with Gasteiger partial charge in [-0.2, -0.15) is 140 Å². The van der Waals surface area contributed by atoms with Gasteiger partial charge in [0.1, 0.15) is 0 Å². The second kappa shape index (κ2) is 17.2.